The van der Waals surface area contributed by atoms with Crippen LogP contribution in [0, 0.1) is 13.8 Å². The molecule has 1 unspecified atom stereocenters. The van der Waals surface area contributed by atoms with Gasteiger partial charge in [0.1, 0.15) is 0 Å². The molecule has 0 aromatic carbocycles. The molecule has 0 saturated heterocycles. The highest BCUT2D eigenvalue weighted by molar-refractivity contribution is 7.11. The van der Waals surface area contributed by atoms with Gasteiger partial charge in [0.05, 0.1) is 16.8 Å². The third-order valence-corrected chi connectivity index (χ3v) is 3.21. The number of thiazole rings is 1. The number of hydrogen-bond donors (Lipinski definition) is 2. The van der Waals surface area contributed by atoms with Crippen LogP contribution in [0.15, 0.2) is 0 Å². The molecule has 0 bridgehead atoms. The van der Waals surface area contributed by atoms with Gasteiger partial charge in [-0.25, -0.2) is 4.98 Å². The Balaban J connectivity index is 2.34. The number of aliphatic hydroxyl groups excluding tert-OH is 1. The smallest absolute Gasteiger partial charge is 0.0900 e. The molecule has 0 radical (unpaired) electrons. The molecule has 0 aliphatic rings. The highest BCUT2D eigenvalue weighted by atomic mass is 32.1. The van der Waals surface area contributed by atoms with Crippen molar-refractivity contribution in [3.63, 3.8) is 0 Å². The topological polar surface area (TPSA) is 45.1 Å². The Hall–Kier alpha value is -0.450. The van der Waals surface area contributed by atoms with Gasteiger partial charge >= 0.3 is 0 Å². The minimum Gasteiger partial charge on any atom is -0.392 e. The molecule has 1 heterocycles. The zero-order valence-corrected chi connectivity index (χ0v) is 9.82. The van der Waals surface area contributed by atoms with Crippen LogP contribution in [0.25, 0.3) is 0 Å². The van der Waals surface area contributed by atoms with Crippen molar-refractivity contribution >= 4 is 11.3 Å². The van der Waals surface area contributed by atoms with Crippen molar-refractivity contribution in [3.05, 3.63) is 15.6 Å². The first-order chi connectivity index (χ1) is 6.63. The summed E-state index contributed by atoms with van der Waals surface area (Å²) in [4.78, 5) is 5.61. The number of aliphatic hydroxyl groups is 1. The molecule has 14 heavy (non-hydrogen) atoms. The van der Waals surface area contributed by atoms with Crippen LogP contribution in [0.1, 0.15) is 28.9 Å². The highest BCUT2D eigenvalue weighted by Crippen LogP contribution is 2.16. The monoisotopic (exact) mass is 214 g/mol. The van der Waals surface area contributed by atoms with E-state index >= 15 is 0 Å². The quantitative estimate of drug-likeness (QED) is 0.783. The van der Waals surface area contributed by atoms with E-state index in [2.05, 4.69) is 10.3 Å². The predicted molar refractivity (Wildman–Crippen MR) is 59.6 cm³/mol. The number of aryl methyl sites for hydroxylation is 2. The molecule has 1 aromatic rings. The molecule has 1 rings (SSSR count). The van der Waals surface area contributed by atoms with Crippen LogP contribution in [-0.4, -0.2) is 22.7 Å². The minimum atomic E-state index is -0.232. The molecular weight excluding hydrogens is 196 g/mol. The van der Waals surface area contributed by atoms with Crippen molar-refractivity contribution in [1.82, 2.24) is 10.3 Å². The van der Waals surface area contributed by atoms with Crippen LogP contribution in [0.5, 0.6) is 0 Å². The van der Waals surface area contributed by atoms with Gasteiger partial charge in [-0.3, -0.25) is 0 Å². The molecule has 80 valence electrons. The summed E-state index contributed by atoms with van der Waals surface area (Å²) in [5.74, 6) is 0. The van der Waals surface area contributed by atoms with E-state index in [0.717, 1.165) is 23.7 Å². The standard InChI is InChI=1S/C10H18N2OS/c1-4-9(13)5-11-6-10-7(2)12-8(3)14-10/h9,11,13H,4-6H2,1-3H3. The summed E-state index contributed by atoms with van der Waals surface area (Å²) in [7, 11) is 0. The Labute approximate surface area is 89.2 Å². The van der Waals surface area contributed by atoms with Crippen LogP contribution in [-0.2, 0) is 6.54 Å². The van der Waals surface area contributed by atoms with E-state index in [-0.39, 0.29) is 6.10 Å². The zero-order valence-electron chi connectivity index (χ0n) is 9.00. The van der Waals surface area contributed by atoms with Gasteiger partial charge in [0.15, 0.2) is 0 Å². The van der Waals surface area contributed by atoms with Crippen molar-refractivity contribution < 1.29 is 5.11 Å². The number of hydrogen-bond acceptors (Lipinski definition) is 4. The molecule has 0 fully saturated rings. The first-order valence-electron chi connectivity index (χ1n) is 4.95. The summed E-state index contributed by atoms with van der Waals surface area (Å²) < 4.78 is 0. The maximum absolute atomic E-state index is 9.34. The van der Waals surface area contributed by atoms with Crippen LogP contribution >= 0.6 is 11.3 Å². The van der Waals surface area contributed by atoms with Crippen LogP contribution < -0.4 is 5.32 Å². The van der Waals surface area contributed by atoms with Gasteiger partial charge < -0.3 is 10.4 Å². The summed E-state index contributed by atoms with van der Waals surface area (Å²) in [5.41, 5.74) is 1.10. The van der Waals surface area contributed by atoms with E-state index in [1.165, 1.54) is 4.88 Å². The van der Waals surface area contributed by atoms with E-state index in [1.807, 2.05) is 20.8 Å². The summed E-state index contributed by atoms with van der Waals surface area (Å²) in [5, 5.41) is 13.7. The highest BCUT2D eigenvalue weighted by Gasteiger charge is 2.05. The molecule has 0 amide bonds. The molecule has 0 saturated carbocycles. The molecule has 0 spiro atoms. The normalized spacial score (nSPS) is 13.1. The fraction of sp³-hybridized carbons (Fsp3) is 0.700. The Morgan fingerprint density at radius 3 is 2.71 bits per heavy atom. The van der Waals surface area contributed by atoms with Crippen molar-refractivity contribution in [2.45, 2.75) is 39.8 Å². The van der Waals surface area contributed by atoms with Crippen molar-refractivity contribution in [3.8, 4) is 0 Å². The maximum atomic E-state index is 9.34. The van der Waals surface area contributed by atoms with E-state index in [1.54, 1.807) is 11.3 Å². The fourth-order valence-corrected chi connectivity index (χ4v) is 2.14. The first kappa shape index (κ1) is 11.6. The van der Waals surface area contributed by atoms with Crippen molar-refractivity contribution in [2.75, 3.05) is 6.54 Å². The first-order valence-corrected chi connectivity index (χ1v) is 5.76. The average Bonchev–Trinajstić information content (AvgIpc) is 2.45. The minimum absolute atomic E-state index is 0.232. The molecular formula is C10H18N2OS. The third-order valence-electron chi connectivity index (χ3n) is 2.14. The lowest BCUT2D eigenvalue weighted by atomic mass is 10.3. The molecule has 2 N–H and O–H groups in total. The number of nitrogens with one attached hydrogen (secondary N) is 1. The molecule has 0 aliphatic carbocycles. The van der Waals surface area contributed by atoms with Crippen LogP contribution in [0.2, 0.25) is 0 Å². The lowest BCUT2D eigenvalue weighted by molar-refractivity contribution is 0.167. The van der Waals surface area contributed by atoms with Gasteiger partial charge in [-0.1, -0.05) is 6.92 Å². The van der Waals surface area contributed by atoms with Crippen molar-refractivity contribution in [1.29, 1.82) is 0 Å². The lowest BCUT2D eigenvalue weighted by Crippen LogP contribution is -2.25. The second-order valence-electron chi connectivity index (χ2n) is 3.43. The molecule has 3 nitrogen and oxygen atoms in total. The Morgan fingerprint density at radius 1 is 1.50 bits per heavy atom. The van der Waals surface area contributed by atoms with Gasteiger partial charge in [-0.15, -0.1) is 11.3 Å². The Kier molecular flexibility index (Phi) is 4.51. The summed E-state index contributed by atoms with van der Waals surface area (Å²) in [6.07, 6.45) is 0.567. The van der Waals surface area contributed by atoms with Gasteiger partial charge in [0, 0.05) is 18.0 Å². The largest absolute Gasteiger partial charge is 0.392 e. The van der Waals surface area contributed by atoms with Gasteiger partial charge in [-0.2, -0.15) is 0 Å². The molecule has 1 aromatic heterocycles. The van der Waals surface area contributed by atoms with E-state index in [4.69, 9.17) is 0 Å². The van der Waals surface area contributed by atoms with Crippen molar-refractivity contribution in [2.24, 2.45) is 0 Å². The van der Waals surface area contributed by atoms with Crippen LogP contribution in [0.3, 0.4) is 0 Å². The number of aromatic nitrogens is 1. The molecule has 0 aliphatic heterocycles. The van der Waals surface area contributed by atoms with E-state index in [9.17, 15) is 5.11 Å². The third kappa shape index (κ3) is 3.36. The molecule has 4 heteroatoms. The van der Waals surface area contributed by atoms with E-state index < -0.39 is 0 Å². The lowest BCUT2D eigenvalue weighted by Gasteiger charge is -2.08. The number of nitrogens with zero attached hydrogens (tertiary/aromatic N) is 1. The number of rotatable bonds is 5. The summed E-state index contributed by atoms with van der Waals surface area (Å²) in [6, 6.07) is 0. The summed E-state index contributed by atoms with van der Waals surface area (Å²) >= 11 is 1.72. The Morgan fingerprint density at radius 2 is 2.21 bits per heavy atom. The SMILES string of the molecule is CCC(O)CNCc1sc(C)nc1C. The predicted octanol–water partition coefficient (Wildman–Crippen LogP) is 1.62. The second-order valence-corrected chi connectivity index (χ2v) is 4.72. The maximum Gasteiger partial charge on any atom is 0.0900 e. The summed E-state index contributed by atoms with van der Waals surface area (Å²) in [6.45, 7) is 7.49. The van der Waals surface area contributed by atoms with E-state index in [0.29, 0.717) is 6.54 Å². The van der Waals surface area contributed by atoms with Gasteiger partial charge in [0.25, 0.3) is 0 Å². The zero-order chi connectivity index (χ0) is 10.6. The van der Waals surface area contributed by atoms with Gasteiger partial charge in [-0.05, 0) is 20.3 Å². The fourth-order valence-electron chi connectivity index (χ4n) is 1.23. The van der Waals surface area contributed by atoms with Crippen LogP contribution in [0.4, 0.5) is 0 Å². The van der Waals surface area contributed by atoms with Gasteiger partial charge in [0.2, 0.25) is 0 Å². The molecule has 1 atom stereocenters. The average molecular weight is 214 g/mol. The second kappa shape index (κ2) is 5.44. The Bertz CT molecular complexity index is 286.